The Labute approximate surface area is 168 Å². The first-order chi connectivity index (χ1) is 12.9. The summed E-state index contributed by atoms with van der Waals surface area (Å²) in [6.45, 7) is 0.289. The topological polar surface area (TPSA) is 129 Å². The first-order valence-corrected chi connectivity index (χ1v) is 12.4. The fourth-order valence-electron chi connectivity index (χ4n) is 3.05. The van der Waals surface area contributed by atoms with Gasteiger partial charge in [0.25, 0.3) is 0 Å². The second-order valence-corrected chi connectivity index (χ2v) is 11.4. The Morgan fingerprint density at radius 3 is 2.68 bits per heavy atom. The molecule has 0 bridgehead atoms. The van der Waals surface area contributed by atoms with Gasteiger partial charge in [0, 0.05) is 28.2 Å². The summed E-state index contributed by atoms with van der Waals surface area (Å²) in [5.74, 6) is 0.297. The molecular formula is C15H17BrF2N3O5PS. The molecule has 1 aromatic carbocycles. The molecule has 2 aromatic rings. The fourth-order valence-corrected chi connectivity index (χ4v) is 6.22. The maximum atomic E-state index is 14.1. The summed E-state index contributed by atoms with van der Waals surface area (Å²) in [5.41, 5.74) is -5.19. The zero-order valence-electron chi connectivity index (χ0n) is 14.3. The molecule has 154 valence electrons. The third kappa shape index (κ3) is 4.20. The third-order valence-electron chi connectivity index (χ3n) is 4.57. The molecule has 0 radical (unpaired) electrons. The quantitative estimate of drug-likeness (QED) is 0.517. The van der Waals surface area contributed by atoms with E-state index in [-0.39, 0.29) is 28.2 Å². The number of hydrogen-bond acceptors (Lipinski definition) is 6. The van der Waals surface area contributed by atoms with Crippen molar-refractivity contribution in [2.75, 3.05) is 17.6 Å². The Morgan fingerprint density at radius 2 is 2.07 bits per heavy atom. The second-order valence-electron chi connectivity index (χ2n) is 6.52. The Balaban J connectivity index is 1.82. The van der Waals surface area contributed by atoms with E-state index in [0.717, 1.165) is 6.07 Å². The minimum absolute atomic E-state index is 0.0670. The van der Waals surface area contributed by atoms with Crippen molar-refractivity contribution in [2.24, 2.45) is 0 Å². The largest absolute Gasteiger partial charge is 0.399 e. The zero-order chi connectivity index (χ0) is 20.7. The summed E-state index contributed by atoms with van der Waals surface area (Å²) in [6.07, 6.45) is 3.01. The van der Waals surface area contributed by atoms with Crippen LogP contribution in [0.25, 0.3) is 10.9 Å². The molecule has 1 aromatic heterocycles. The van der Waals surface area contributed by atoms with E-state index in [9.17, 15) is 21.8 Å². The van der Waals surface area contributed by atoms with E-state index in [0.29, 0.717) is 24.6 Å². The van der Waals surface area contributed by atoms with Gasteiger partial charge in [-0.15, -0.1) is 0 Å². The summed E-state index contributed by atoms with van der Waals surface area (Å²) in [4.78, 5) is 26.1. The van der Waals surface area contributed by atoms with Crippen LogP contribution in [0.1, 0.15) is 24.8 Å². The monoisotopic (exact) mass is 499 g/mol. The van der Waals surface area contributed by atoms with Gasteiger partial charge in [-0.3, -0.25) is 4.57 Å². The minimum Gasteiger partial charge on any atom is -0.354 e. The Kier molecular flexibility index (Phi) is 5.81. The highest BCUT2D eigenvalue weighted by Crippen LogP contribution is 2.60. The Bertz CT molecular complexity index is 1060. The standard InChI is InChI=1S/C15H17BrF2N3O5PS/c16-12-6-9-8-20-14(19-4-3-10-2-1-5-28(10,25)26)21-13(9)7-11(12)15(17,18)27(22,23)24/h6-8,10H,1-5H2,(H,19,20,21)(H2,22,23,24)/t10-/m0/s1. The maximum absolute atomic E-state index is 14.1. The van der Waals surface area contributed by atoms with Gasteiger partial charge in [0.1, 0.15) is 0 Å². The predicted octanol–water partition coefficient (Wildman–Crippen LogP) is 3.00. The van der Waals surface area contributed by atoms with Gasteiger partial charge in [-0.05, 0) is 31.4 Å². The molecule has 3 N–H and O–H groups in total. The molecule has 0 saturated carbocycles. The molecule has 1 saturated heterocycles. The summed E-state index contributed by atoms with van der Waals surface area (Å²) in [7, 11) is -8.79. The van der Waals surface area contributed by atoms with Gasteiger partial charge in [-0.2, -0.15) is 8.78 Å². The fraction of sp³-hybridized carbons (Fsp3) is 0.467. The van der Waals surface area contributed by atoms with Gasteiger partial charge in [0.2, 0.25) is 5.95 Å². The van der Waals surface area contributed by atoms with Crippen LogP contribution in [-0.2, 0) is 20.1 Å². The molecule has 1 aliphatic heterocycles. The van der Waals surface area contributed by atoms with Crippen LogP contribution in [0.5, 0.6) is 0 Å². The number of rotatable bonds is 6. The number of fused-ring (bicyclic) bond motifs is 1. The molecular weight excluding hydrogens is 483 g/mol. The van der Waals surface area contributed by atoms with Crippen molar-refractivity contribution in [2.45, 2.75) is 30.2 Å². The first kappa shape index (κ1) is 21.5. The normalized spacial score (nSPS) is 19.8. The summed E-state index contributed by atoms with van der Waals surface area (Å²) >= 11 is 2.90. The van der Waals surface area contributed by atoms with Crippen molar-refractivity contribution >= 4 is 50.2 Å². The van der Waals surface area contributed by atoms with Crippen LogP contribution in [0.15, 0.2) is 22.8 Å². The van der Waals surface area contributed by atoms with Crippen LogP contribution in [0.3, 0.4) is 0 Å². The van der Waals surface area contributed by atoms with Crippen LogP contribution >= 0.6 is 23.5 Å². The molecule has 8 nitrogen and oxygen atoms in total. The van der Waals surface area contributed by atoms with Gasteiger partial charge in [-0.25, -0.2) is 18.4 Å². The van der Waals surface area contributed by atoms with E-state index < -0.39 is 33.9 Å². The Morgan fingerprint density at radius 1 is 1.36 bits per heavy atom. The highest BCUT2D eigenvalue weighted by molar-refractivity contribution is 9.10. The third-order valence-corrected chi connectivity index (χ3v) is 8.54. The highest BCUT2D eigenvalue weighted by atomic mass is 79.9. The Hall–Kier alpha value is -1.20. The molecule has 2 heterocycles. The zero-order valence-corrected chi connectivity index (χ0v) is 17.6. The van der Waals surface area contributed by atoms with Crippen LogP contribution in [0.2, 0.25) is 0 Å². The van der Waals surface area contributed by atoms with Crippen LogP contribution < -0.4 is 5.32 Å². The van der Waals surface area contributed by atoms with Gasteiger partial charge in [-0.1, -0.05) is 15.9 Å². The molecule has 3 rings (SSSR count). The van der Waals surface area contributed by atoms with E-state index in [1.54, 1.807) is 0 Å². The SMILES string of the molecule is O=P(O)(O)C(F)(F)c1cc2nc(NCC[C@@H]3CCCS3(=O)=O)ncc2cc1Br. The lowest BCUT2D eigenvalue weighted by Crippen LogP contribution is -2.20. The molecule has 1 atom stereocenters. The number of nitrogens with one attached hydrogen (secondary N) is 1. The van der Waals surface area contributed by atoms with Crippen molar-refractivity contribution in [1.82, 2.24) is 9.97 Å². The predicted molar refractivity (Wildman–Crippen MR) is 103 cm³/mol. The van der Waals surface area contributed by atoms with Gasteiger partial charge in [0.05, 0.1) is 16.5 Å². The van der Waals surface area contributed by atoms with Gasteiger partial charge in [0.15, 0.2) is 9.84 Å². The summed E-state index contributed by atoms with van der Waals surface area (Å²) in [5, 5.41) is 2.84. The van der Waals surface area contributed by atoms with Crippen molar-refractivity contribution in [3.8, 4) is 0 Å². The summed E-state index contributed by atoms with van der Waals surface area (Å²) in [6, 6.07) is 2.15. The van der Waals surface area contributed by atoms with E-state index in [1.807, 2.05) is 0 Å². The van der Waals surface area contributed by atoms with Crippen molar-refractivity contribution in [3.63, 3.8) is 0 Å². The molecule has 0 unspecified atom stereocenters. The molecule has 1 fully saturated rings. The van der Waals surface area contributed by atoms with E-state index in [4.69, 9.17) is 9.79 Å². The maximum Gasteiger partial charge on any atom is 0.399 e. The number of nitrogens with zero attached hydrogens (tertiary/aromatic N) is 2. The van der Waals surface area contributed by atoms with E-state index >= 15 is 0 Å². The van der Waals surface area contributed by atoms with Crippen LogP contribution in [0, 0.1) is 0 Å². The number of anilines is 1. The van der Waals surface area contributed by atoms with E-state index in [2.05, 4.69) is 31.2 Å². The lowest BCUT2D eigenvalue weighted by atomic mass is 10.1. The highest BCUT2D eigenvalue weighted by Gasteiger charge is 2.51. The molecule has 13 heteroatoms. The number of aromatic nitrogens is 2. The van der Waals surface area contributed by atoms with Crippen molar-refractivity contribution in [1.29, 1.82) is 0 Å². The van der Waals surface area contributed by atoms with Gasteiger partial charge < -0.3 is 15.1 Å². The average Bonchev–Trinajstić information content (AvgIpc) is 2.92. The average molecular weight is 500 g/mol. The molecule has 0 spiro atoms. The lowest BCUT2D eigenvalue weighted by molar-refractivity contribution is 0.0558. The van der Waals surface area contributed by atoms with Gasteiger partial charge >= 0.3 is 13.3 Å². The molecule has 28 heavy (non-hydrogen) atoms. The number of alkyl halides is 2. The number of halogens is 3. The van der Waals surface area contributed by atoms with Crippen molar-refractivity contribution in [3.05, 3.63) is 28.4 Å². The summed E-state index contributed by atoms with van der Waals surface area (Å²) < 4.78 is 62.8. The smallest absolute Gasteiger partial charge is 0.354 e. The van der Waals surface area contributed by atoms with Crippen LogP contribution in [0.4, 0.5) is 14.7 Å². The molecule has 0 amide bonds. The minimum atomic E-state index is -5.73. The number of hydrogen-bond donors (Lipinski definition) is 3. The van der Waals surface area contributed by atoms with Crippen LogP contribution in [-0.4, -0.2) is 45.7 Å². The van der Waals surface area contributed by atoms with Crippen molar-refractivity contribution < 1.29 is 31.6 Å². The van der Waals surface area contributed by atoms with E-state index in [1.165, 1.54) is 12.3 Å². The molecule has 1 aliphatic rings. The first-order valence-electron chi connectivity index (χ1n) is 8.27. The number of benzene rings is 1. The second kappa shape index (κ2) is 7.56. The number of sulfone groups is 1. The molecule has 0 aliphatic carbocycles. The lowest BCUT2D eigenvalue weighted by Gasteiger charge is -2.19.